The summed E-state index contributed by atoms with van der Waals surface area (Å²) in [6.07, 6.45) is 0. The van der Waals surface area contributed by atoms with Gasteiger partial charge >= 0.3 is 11.0 Å². The van der Waals surface area contributed by atoms with Gasteiger partial charge in [-0.1, -0.05) is 11.3 Å². The molecule has 0 radical (unpaired) electrons. The van der Waals surface area contributed by atoms with Gasteiger partial charge in [-0.05, 0) is 18.6 Å². The van der Waals surface area contributed by atoms with E-state index in [0.717, 1.165) is 22.7 Å². The number of anilines is 1. The minimum atomic E-state index is -1.09. The quantitative estimate of drug-likeness (QED) is 0.665. The van der Waals surface area contributed by atoms with Gasteiger partial charge in [-0.2, -0.15) is 0 Å². The van der Waals surface area contributed by atoms with Gasteiger partial charge in [0.05, 0.1) is 20.4 Å². The molecule has 2 aromatic rings. The second-order valence-corrected chi connectivity index (χ2v) is 5.58. The number of nitrogens with two attached hydrogens (primary N) is 1. The molecule has 3 N–H and O–H groups in total. The molecule has 0 amide bonds. The summed E-state index contributed by atoms with van der Waals surface area (Å²) < 4.78 is 0. The highest BCUT2D eigenvalue weighted by Gasteiger charge is 2.21. The standard InChI is InChI=1S/C10H8N2O4S2/c1-4-7(11)9(10(13)14)18-8(4)5-2-3-6(17-5)12(15)16/h2-3H,11H2,1H3,(H,13,14). The summed E-state index contributed by atoms with van der Waals surface area (Å²) in [5.74, 6) is -1.09. The molecule has 0 aliphatic rings. The fourth-order valence-corrected chi connectivity index (χ4v) is 3.52. The van der Waals surface area contributed by atoms with E-state index >= 15 is 0 Å². The summed E-state index contributed by atoms with van der Waals surface area (Å²) in [6.45, 7) is 1.71. The zero-order valence-corrected chi connectivity index (χ0v) is 10.8. The van der Waals surface area contributed by atoms with Crippen LogP contribution in [0.1, 0.15) is 15.2 Å². The largest absolute Gasteiger partial charge is 0.477 e. The number of nitrogens with zero attached hydrogens (tertiary/aromatic N) is 1. The smallest absolute Gasteiger partial charge is 0.348 e. The lowest BCUT2D eigenvalue weighted by Gasteiger charge is -1.94. The maximum absolute atomic E-state index is 11.0. The Bertz CT molecular complexity index is 644. The number of nitro groups is 1. The Balaban J connectivity index is 2.53. The predicted molar refractivity (Wildman–Crippen MR) is 70.4 cm³/mol. The summed E-state index contributed by atoms with van der Waals surface area (Å²) in [6, 6.07) is 3.00. The molecule has 18 heavy (non-hydrogen) atoms. The molecule has 0 atom stereocenters. The molecule has 94 valence electrons. The molecule has 0 aliphatic heterocycles. The number of nitrogen functional groups attached to an aromatic ring is 1. The number of carboxylic acid groups (broad SMARTS) is 1. The maximum atomic E-state index is 11.0. The van der Waals surface area contributed by atoms with Gasteiger partial charge in [-0.3, -0.25) is 10.1 Å². The minimum absolute atomic E-state index is 0.0215. The Morgan fingerprint density at radius 3 is 2.56 bits per heavy atom. The van der Waals surface area contributed by atoms with Gasteiger partial charge in [-0.25, -0.2) is 4.79 Å². The van der Waals surface area contributed by atoms with Crippen LogP contribution in [0.3, 0.4) is 0 Å². The molecule has 0 aliphatic carbocycles. The minimum Gasteiger partial charge on any atom is -0.477 e. The molecule has 0 saturated carbocycles. The molecule has 8 heteroatoms. The van der Waals surface area contributed by atoms with Crippen molar-refractivity contribution in [2.24, 2.45) is 0 Å². The predicted octanol–water partition coefficient (Wildman–Crippen LogP) is 2.97. The van der Waals surface area contributed by atoms with Crippen molar-refractivity contribution in [1.82, 2.24) is 0 Å². The zero-order chi connectivity index (χ0) is 13.4. The highest BCUT2D eigenvalue weighted by atomic mass is 32.1. The van der Waals surface area contributed by atoms with E-state index in [1.165, 1.54) is 6.07 Å². The van der Waals surface area contributed by atoms with Crippen molar-refractivity contribution in [1.29, 1.82) is 0 Å². The molecule has 0 spiro atoms. The zero-order valence-electron chi connectivity index (χ0n) is 9.17. The summed E-state index contributed by atoms with van der Waals surface area (Å²) >= 11 is 2.04. The van der Waals surface area contributed by atoms with Crippen molar-refractivity contribution in [2.45, 2.75) is 6.92 Å². The number of thiophene rings is 2. The van der Waals surface area contributed by atoms with Crippen molar-refractivity contribution in [3.05, 3.63) is 32.7 Å². The Morgan fingerprint density at radius 2 is 2.11 bits per heavy atom. The van der Waals surface area contributed by atoms with Crippen LogP contribution >= 0.6 is 22.7 Å². The van der Waals surface area contributed by atoms with E-state index in [1.807, 2.05) is 0 Å². The molecule has 0 unspecified atom stereocenters. The third-order valence-corrected chi connectivity index (χ3v) is 4.90. The van der Waals surface area contributed by atoms with Crippen molar-refractivity contribution in [3.8, 4) is 9.75 Å². The highest BCUT2D eigenvalue weighted by molar-refractivity contribution is 7.24. The fourth-order valence-electron chi connectivity index (χ4n) is 1.47. The molecule has 0 aromatic carbocycles. The normalized spacial score (nSPS) is 10.5. The first-order valence-electron chi connectivity index (χ1n) is 4.78. The Kier molecular flexibility index (Phi) is 3.05. The van der Waals surface area contributed by atoms with Crippen LogP contribution < -0.4 is 5.73 Å². The van der Waals surface area contributed by atoms with E-state index < -0.39 is 10.9 Å². The molecule has 0 bridgehead atoms. The van der Waals surface area contributed by atoms with Gasteiger partial charge in [0.25, 0.3) is 0 Å². The van der Waals surface area contributed by atoms with Gasteiger partial charge < -0.3 is 10.8 Å². The second-order valence-electron chi connectivity index (χ2n) is 3.50. The lowest BCUT2D eigenvalue weighted by molar-refractivity contribution is -0.380. The molecule has 6 nitrogen and oxygen atoms in total. The van der Waals surface area contributed by atoms with Crippen molar-refractivity contribution >= 4 is 39.3 Å². The molecule has 2 heterocycles. The van der Waals surface area contributed by atoms with Gasteiger partial charge in [0, 0.05) is 6.07 Å². The van der Waals surface area contributed by atoms with Crippen LogP contribution in [0.2, 0.25) is 0 Å². The second kappa shape index (κ2) is 4.39. The number of carbonyl (C=O) groups is 1. The van der Waals surface area contributed by atoms with Crippen molar-refractivity contribution in [3.63, 3.8) is 0 Å². The number of carboxylic acids is 1. The molecule has 2 aromatic heterocycles. The summed E-state index contributed by atoms with van der Waals surface area (Å²) in [7, 11) is 0. The van der Waals surface area contributed by atoms with E-state index in [1.54, 1.807) is 13.0 Å². The van der Waals surface area contributed by atoms with Crippen LogP contribution in [-0.4, -0.2) is 16.0 Å². The van der Waals surface area contributed by atoms with E-state index in [2.05, 4.69) is 0 Å². The van der Waals surface area contributed by atoms with E-state index in [-0.39, 0.29) is 15.6 Å². The number of hydrogen-bond acceptors (Lipinski definition) is 6. The molecular formula is C10H8N2O4S2. The SMILES string of the molecule is Cc1c(-c2ccc([N+](=O)[O-])s2)sc(C(=O)O)c1N. The number of aromatic carboxylic acids is 1. The Morgan fingerprint density at radius 1 is 1.44 bits per heavy atom. The Hall–Kier alpha value is -1.93. The van der Waals surface area contributed by atoms with E-state index in [0.29, 0.717) is 15.3 Å². The molecule has 2 rings (SSSR count). The lowest BCUT2D eigenvalue weighted by atomic mass is 10.2. The average Bonchev–Trinajstić information content (AvgIpc) is 2.86. The molecule has 0 fully saturated rings. The van der Waals surface area contributed by atoms with Crippen LogP contribution in [0.5, 0.6) is 0 Å². The topological polar surface area (TPSA) is 106 Å². The molecule has 0 saturated heterocycles. The third-order valence-electron chi connectivity index (χ3n) is 2.38. The van der Waals surface area contributed by atoms with Gasteiger partial charge in [0.15, 0.2) is 0 Å². The maximum Gasteiger partial charge on any atom is 0.348 e. The van der Waals surface area contributed by atoms with Crippen molar-refractivity contribution < 1.29 is 14.8 Å². The van der Waals surface area contributed by atoms with Crippen molar-refractivity contribution in [2.75, 3.05) is 5.73 Å². The highest BCUT2D eigenvalue weighted by Crippen LogP contribution is 2.42. The van der Waals surface area contributed by atoms with E-state index in [4.69, 9.17) is 10.8 Å². The van der Waals surface area contributed by atoms with Crippen LogP contribution in [0.25, 0.3) is 9.75 Å². The van der Waals surface area contributed by atoms with Crippen LogP contribution in [0.4, 0.5) is 10.7 Å². The Labute approximate surface area is 109 Å². The first-order valence-corrected chi connectivity index (χ1v) is 6.42. The fraction of sp³-hybridized carbons (Fsp3) is 0.100. The van der Waals surface area contributed by atoms with Gasteiger partial charge in [0.1, 0.15) is 4.88 Å². The van der Waals surface area contributed by atoms with E-state index in [9.17, 15) is 14.9 Å². The first-order chi connectivity index (χ1) is 8.41. The number of hydrogen-bond donors (Lipinski definition) is 2. The third kappa shape index (κ3) is 1.95. The summed E-state index contributed by atoms with van der Waals surface area (Å²) in [5.41, 5.74) is 6.58. The van der Waals surface area contributed by atoms with Crippen LogP contribution in [0, 0.1) is 17.0 Å². The average molecular weight is 284 g/mol. The molecular weight excluding hydrogens is 276 g/mol. The van der Waals surface area contributed by atoms with Gasteiger partial charge in [-0.15, -0.1) is 11.3 Å². The van der Waals surface area contributed by atoms with Gasteiger partial charge in [0.2, 0.25) is 0 Å². The summed E-state index contributed by atoms with van der Waals surface area (Å²) in [5, 5.41) is 19.6. The number of rotatable bonds is 3. The summed E-state index contributed by atoms with van der Waals surface area (Å²) in [4.78, 5) is 22.5. The van der Waals surface area contributed by atoms with Crippen LogP contribution in [-0.2, 0) is 0 Å². The lowest BCUT2D eigenvalue weighted by Crippen LogP contribution is -1.97. The van der Waals surface area contributed by atoms with Crippen LogP contribution in [0.15, 0.2) is 12.1 Å². The monoisotopic (exact) mass is 284 g/mol. The first kappa shape index (κ1) is 12.5.